The SMILES string of the molecule is O=S(=O)(c1ccccc1)C(F)(F)CBr. The molecule has 0 spiro atoms. The molecule has 0 radical (unpaired) electrons. The Balaban J connectivity index is 3.23. The van der Waals surface area contributed by atoms with E-state index >= 15 is 0 Å². The molecule has 2 nitrogen and oxygen atoms in total. The molecule has 0 N–H and O–H groups in total. The van der Waals surface area contributed by atoms with Crippen LogP contribution in [0.3, 0.4) is 0 Å². The lowest BCUT2D eigenvalue weighted by Crippen LogP contribution is -2.30. The van der Waals surface area contributed by atoms with Crippen molar-refractivity contribution in [3.63, 3.8) is 0 Å². The fourth-order valence-corrected chi connectivity index (χ4v) is 2.75. The van der Waals surface area contributed by atoms with Gasteiger partial charge in [0.15, 0.2) is 0 Å². The average Bonchev–Trinajstić information content (AvgIpc) is 2.19. The molecular formula is C8H7BrF2O2S. The zero-order valence-corrected chi connectivity index (χ0v) is 9.35. The maximum absolute atomic E-state index is 13.0. The van der Waals surface area contributed by atoms with Gasteiger partial charge in [-0.05, 0) is 12.1 Å². The third-order valence-electron chi connectivity index (χ3n) is 1.60. The Kier molecular flexibility index (Phi) is 3.26. The molecule has 0 saturated heterocycles. The highest BCUT2D eigenvalue weighted by molar-refractivity contribution is 9.09. The number of hydrogen-bond donors (Lipinski definition) is 0. The second-order valence-corrected chi connectivity index (χ2v) is 5.22. The van der Waals surface area contributed by atoms with Crippen LogP contribution in [0.25, 0.3) is 0 Å². The van der Waals surface area contributed by atoms with Crippen molar-refractivity contribution in [3.05, 3.63) is 30.3 Å². The zero-order valence-electron chi connectivity index (χ0n) is 6.95. The van der Waals surface area contributed by atoms with Crippen LogP contribution in [0.1, 0.15) is 0 Å². The lowest BCUT2D eigenvalue weighted by atomic mass is 10.4. The summed E-state index contributed by atoms with van der Waals surface area (Å²) in [6.07, 6.45) is 0. The summed E-state index contributed by atoms with van der Waals surface area (Å²) >= 11 is 2.47. The molecule has 1 aromatic carbocycles. The van der Waals surface area contributed by atoms with Gasteiger partial charge in [0.2, 0.25) is 9.84 Å². The number of halogens is 3. The molecule has 0 fully saturated rings. The minimum absolute atomic E-state index is 0.371. The van der Waals surface area contributed by atoms with Crippen molar-refractivity contribution in [2.24, 2.45) is 0 Å². The highest BCUT2D eigenvalue weighted by atomic mass is 79.9. The molecule has 0 amide bonds. The summed E-state index contributed by atoms with van der Waals surface area (Å²) < 4.78 is 48.6. The molecule has 1 rings (SSSR count). The van der Waals surface area contributed by atoms with Crippen molar-refractivity contribution in [2.45, 2.75) is 10.2 Å². The Hall–Kier alpha value is -0.490. The molecule has 0 saturated carbocycles. The Bertz CT molecular complexity index is 403. The third kappa shape index (κ3) is 1.95. The predicted molar refractivity (Wildman–Crippen MR) is 52.4 cm³/mol. The van der Waals surface area contributed by atoms with Crippen molar-refractivity contribution < 1.29 is 17.2 Å². The van der Waals surface area contributed by atoms with Gasteiger partial charge < -0.3 is 0 Å². The first-order valence-electron chi connectivity index (χ1n) is 3.65. The van der Waals surface area contributed by atoms with Crippen molar-refractivity contribution in [2.75, 3.05) is 5.33 Å². The first kappa shape index (κ1) is 11.6. The first-order chi connectivity index (χ1) is 6.42. The molecule has 78 valence electrons. The fraction of sp³-hybridized carbons (Fsp3) is 0.250. The average molecular weight is 285 g/mol. The molecular weight excluding hydrogens is 278 g/mol. The number of rotatable bonds is 3. The summed E-state index contributed by atoms with van der Waals surface area (Å²) in [5.41, 5.74) is 0. The van der Waals surface area contributed by atoms with Crippen LogP contribution in [0.4, 0.5) is 8.78 Å². The van der Waals surface area contributed by atoms with Crippen molar-refractivity contribution >= 4 is 25.8 Å². The maximum atomic E-state index is 13.0. The number of hydrogen-bond acceptors (Lipinski definition) is 2. The van der Waals surface area contributed by atoms with Crippen LogP contribution < -0.4 is 0 Å². The van der Waals surface area contributed by atoms with Crippen LogP contribution in [0.15, 0.2) is 35.2 Å². The van der Waals surface area contributed by atoms with Crippen LogP contribution in [0.2, 0.25) is 0 Å². The molecule has 0 aromatic heterocycles. The van der Waals surface area contributed by atoms with Gasteiger partial charge in [-0.25, -0.2) is 8.42 Å². The highest BCUT2D eigenvalue weighted by Gasteiger charge is 2.44. The fourth-order valence-electron chi connectivity index (χ4n) is 0.844. The summed E-state index contributed by atoms with van der Waals surface area (Å²) in [6, 6.07) is 6.65. The van der Waals surface area contributed by atoms with Crippen LogP contribution in [-0.4, -0.2) is 19.0 Å². The maximum Gasteiger partial charge on any atom is 0.359 e. The standard InChI is InChI=1S/C8H7BrF2O2S/c9-6-8(10,11)14(12,13)7-4-2-1-3-5-7/h1-5H,6H2. The smallest absolute Gasteiger partial charge is 0.217 e. The summed E-state index contributed by atoms with van der Waals surface area (Å²) in [5, 5.41) is -4.68. The Labute approximate surface area is 89.0 Å². The lowest BCUT2D eigenvalue weighted by Gasteiger charge is -2.13. The summed E-state index contributed by atoms with van der Waals surface area (Å²) in [7, 11) is -4.57. The van der Waals surface area contributed by atoms with E-state index in [0.717, 1.165) is 12.1 Å². The molecule has 0 heterocycles. The van der Waals surface area contributed by atoms with E-state index in [2.05, 4.69) is 15.9 Å². The van der Waals surface area contributed by atoms with Gasteiger partial charge in [-0.15, -0.1) is 0 Å². The normalized spacial score (nSPS) is 12.8. The van der Waals surface area contributed by atoms with Crippen molar-refractivity contribution in [1.29, 1.82) is 0 Å². The minimum atomic E-state index is -4.57. The Morgan fingerprint density at radius 2 is 1.71 bits per heavy atom. The van der Waals surface area contributed by atoms with E-state index in [0.29, 0.717) is 0 Å². The largest absolute Gasteiger partial charge is 0.359 e. The van der Waals surface area contributed by atoms with Gasteiger partial charge in [0, 0.05) is 0 Å². The monoisotopic (exact) mass is 284 g/mol. The van der Waals surface area contributed by atoms with Crippen LogP contribution in [-0.2, 0) is 9.84 Å². The van der Waals surface area contributed by atoms with E-state index in [9.17, 15) is 17.2 Å². The van der Waals surface area contributed by atoms with Crippen molar-refractivity contribution in [3.8, 4) is 0 Å². The quantitative estimate of drug-likeness (QED) is 0.799. The predicted octanol–water partition coefficient (Wildman–Crippen LogP) is 2.45. The number of sulfone groups is 1. The van der Waals surface area contributed by atoms with E-state index < -0.39 is 20.4 Å². The van der Waals surface area contributed by atoms with E-state index in [1.165, 1.54) is 12.1 Å². The van der Waals surface area contributed by atoms with Gasteiger partial charge in [-0.1, -0.05) is 34.1 Å². The van der Waals surface area contributed by atoms with Crippen LogP contribution in [0, 0.1) is 0 Å². The van der Waals surface area contributed by atoms with E-state index in [1.807, 2.05) is 0 Å². The van der Waals surface area contributed by atoms with Crippen LogP contribution >= 0.6 is 15.9 Å². The third-order valence-corrected chi connectivity index (χ3v) is 4.50. The number of benzene rings is 1. The van der Waals surface area contributed by atoms with Gasteiger partial charge in [-0.2, -0.15) is 8.78 Å². The molecule has 0 unspecified atom stereocenters. The molecule has 0 atom stereocenters. The second kappa shape index (κ2) is 3.94. The van der Waals surface area contributed by atoms with Gasteiger partial charge in [0.1, 0.15) is 0 Å². The molecule has 6 heteroatoms. The minimum Gasteiger partial charge on any atom is -0.217 e. The zero-order chi connectivity index (χ0) is 10.8. The van der Waals surface area contributed by atoms with E-state index in [4.69, 9.17) is 0 Å². The molecule has 1 aromatic rings. The molecule has 0 bridgehead atoms. The van der Waals surface area contributed by atoms with E-state index in [1.54, 1.807) is 6.07 Å². The van der Waals surface area contributed by atoms with Gasteiger partial charge in [0.25, 0.3) is 0 Å². The molecule has 0 aliphatic rings. The Morgan fingerprint density at radius 1 is 1.21 bits per heavy atom. The number of alkyl halides is 3. The molecule has 0 aliphatic heterocycles. The van der Waals surface area contributed by atoms with Crippen LogP contribution in [0.5, 0.6) is 0 Å². The second-order valence-electron chi connectivity index (χ2n) is 2.59. The van der Waals surface area contributed by atoms with Gasteiger partial charge >= 0.3 is 5.25 Å². The first-order valence-corrected chi connectivity index (χ1v) is 6.26. The summed E-state index contributed by atoms with van der Waals surface area (Å²) in [5.74, 6) is 0. The summed E-state index contributed by atoms with van der Waals surface area (Å²) in [4.78, 5) is -0.371. The molecule has 0 aliphatic carbocycles. The lowest BCUT2D eigenvalue weighted by molar-refractivity contribution is 0.121. The summed E-state index contributed by atoms with van der Waals surface area (Å²) in [6.45, 7) is 0. The van der Waals surface area contributed by atoms with E-state index in [-0.39, 0.29) is 4.90 Å². The topological polar surface area (TPSA) is 34.1 Å². The Morgan fingerprint density at radius 3 is 2.14 bits per heavy atom. The van der Waals surface area contributed by atoms with Gasteiger partial charge in [0.05, 0.1) is 10.2 Å². The highest BCUT2D eigenvalue weighted by Crippen LogP contribution is 2.30. The van der Waals surface area contributed by atoms with Crippen molar-refractivity contribution in [1.82, 2.24) is 0 Å². The molecule has 14 heavy (non-hydrogen) atoms. The van der Waals surface area contributed by atoms with Gasteiger partial charge in [-0.3, -0.25) is 0 Å².